The second-order valence-corrected chi connectivity index (χ2v) is 9.30. The standard InChI is InChI=1S/C20H34O5/c1-12(2)14-7-8-18(5,22)15(11-14)23-24-17-16(21)20(13(3)4)10-9-19(17,6)25-20/h7-8,12-17,21-22H,9-11H2,1-6H3. The van der Waals surface area contributed by atoms with E-state index in [2.05, 4.69) is 33.8 Å². The van der Waals surface area contributed by atoms with Crippen molar-refractivity contribution in [2.45, 2.75) is 95.9 Å². The van der Waals surface area contributed by atoms with Crippen molar-refractivity contribution in [3.8, 4) is 0 Å². The highest BCUT2D eigenvalue weighted by atomic mass is 17.2. The van der Waals surface area contributed by atoms with Crippen LogP contribution in [0.5, 0.6) is 0 Å². The van der Waals surface area contributed by atoms with Crippen LogP contribution >= 0.6 is 0 Å². The molecule has 2 fully saturated rings. The van der Waals surface area contributed by atoms with Crippen LogP contribution in [0.25, 0.3) is 0 Å². The maximum absolute atomic E-state index is 10.9. The van der Waals surface area contributed by atoms with Crippen molar-refractivity contribution in [3.05, 3.63) is 12.2 Å². The van der Waals surface area contributed by atoms with E-state index in [4.69, 9.17) is 14.5 Å². The van der Waals surface area contributed by atoms with Gasteiger partial charge in [-0.2, -0.15) is 0 Å². The van der Waals surface area contributed by atoms with Gasteiger partial charge in [-0.25, -0.2) is 9.78 Å². The predicted molar refractivity (Wildman–Crippen MR) is 94.8 cm³/mol. The Kier molecular flexibility index (Phi) is 4.87. The van der Waals surface area contributed by atoms with Crippen LogP contribution in [0, 0.1) is 17.8 Å². The van der Waals surface area contributed by atoms with Gasteiger partial charge in [-0.1, -0.05) is 39.8 Å². The molecule has 0 radical (unpaired) electrons. The minimum absolute atomic E-state index is 0.198. The smallest absolute Gasteiger partial charge is 0.150 e. The molecule has 2 saturated heterocycles. The number of allylic oxidation sites excluding steroid dienone is 1. The third kappa shape index (κ3) is 3.08. The molecule has 7 unspecified atom stereocenters. The molecule has 0 saturated carbocycles. The lowest BCUT2D eigenvalue weighted by molar-refractivity contribution is -0.391. The van der Waals surface area contributed by atoms with Gasteiger partial charge in [-0.15, -0.1) is 0 Å². The average molecular weight is 354 g/mol. The minimum atomic E-state index is -1.08. The number of hydrogen-bond donors (Lipinski definition) is 2. The molecule has 0 aromatic rings. The Morgan fingerprint density at radius 3 is 2.36 bits per heavy atom. The fourth-order valence-corrected chi connectivity index (χ4v) is 4.63. The van der Waals surface area contributed by atoms with E-state index in [0.29, 0.717) is 18.3 Å². The number of ether oxygens (including phenoxy) is 1. The summed E-state index contributed by atoms with van der Waals surface area (Å²) in [6.07, 6.45) is 4.51. The van der Waals surface area contributed by atoms with Crippen LogP contribution in [0.2, 0.25) is 0 Å². The van der Waals surface area contributed by atoms with Gasteiger partial charge in [0, 0.05) is 0 Å². The van der Waals surface area contributed by atoms with Crippen molar-refractivity contribution in [1.82, 2.24) is 0 Å². The molecule has 3 aliphatic rings. The third-order valence-corrected chi connectivity index (χ3v) is 6.75. The van der Waals surface area contributed by atoms with Crippen LogP contribution < -0.4 is 0 Å². The first kappa shape index (κ1) is 19.3. The molecule has 0 aromatic heterocycles. The maximum Gasteiger partial charge on any atom is 0.150 e. The number of fused-ring (bicyclic) bond motifs is 2. The summed E-state index contributed by atoms with van der Waals surface area (Å²) < 4.78 is 6.25. The van der Waals surface area contributed by atoms with Gasteiger partial charge >= 0.3 is 0 Å². The van der Waals surface area contributed by atoms with Crippen molar-refractivity contribution in [2.75, 3.05) is 0 Å². The molecule has 2 aliphatic heterocycles. The van der Waals surface area contributed by atoms with Crippen molar-refractivity contribution in [1.29, 1.82) is 0 Å². The normalized spacial score (nSPS) is 49.5. The van der Waals surface area contributed by atoms with Gasteiger partial charge in [0.15, 0.2) is 6.10 Å². The van der Waals surface area contributed by atoms with E-state index < -0.39 is 35.1 Å². The molecule has 2 heterocycles. The van der Waals surface area contributed by atoms with Crippen molar-refractivity contribution in [3.63, 3.8) is 0 Å². The highest BCUT2D eigenvalue weighted by molar-refractivity contribution is 5.16. The molecule has 0 amide bonds. The molecule has 0 aromatic carbocycles. The number of hydrogen-bond acceptors (Lipinski definition) is 5. The highest BCUT2D eigenvalue weighted by Crippen LogP contribution is 2.55. The Bertz CT molecular complexity index is 528. The zero-order valence-corrected chi connectivity index (χ0v) is 16.4. The molecule has 3 rings (SSSR count). The molecule has 1 aliphatic carbocycles. The van der Waals surface area contributed by atoms with E-state index in [1.807, 2.05) is 6.92 Å². The summed E-state index contributed by atoms with van der Waals surface area (Å²) in [5.41, 5.74) is -2.18. The van der Waals surface area contributed by atoms with Crippen LogP contribution in [-0.2, 0) is 14.5 Å². The van der Waals surface area contributed by atoms with E-state index in [1.165, 1.54) is 0 Å². The SMILES string of the molecule is CC(C)C1C=CC(C)(O)C(OOC2C(O)C3(C(C)C)CCC2(C)O3)C1. The molecular weight excluding hydrogens is 320 g/mol. The van der Waals surface area contributed by atoms with E-state index >= 15 is 0 Å². The molecule has 5 nitrogen and oxygen atoms in total. The molecular formula is C20H34O5. The molecule has 5 heteroatoms. The summed E-state index contributed by atoms with van der Waals surface area (Å²) in [5.74, 6) is 1.01. The molecule has 2 N–H and O–H groups in total. The topological polar surface area (TPSA) is 68.2 Å². The summed E-state index contributed by atoms with van der Waals surface area (Å²) in [6.45, 7) is 12.2. The zero-order valence-electron chi connectivity index (χ0n) is 16.4. The largest absolute Gasteiger partial charge is 0.387 e. The van der Waals surface area contributed by atoms with Crippen molar-refractivity contribution >= 4 is 0 Å². The fourth-order valence-electron chi connectivity index (χ4n) is 4.63. The van der Waals surface area contributed by atoms with Crippen molar-refractivity contribution < 1.29 is 24.7 Å². The minimum Gasteiger partial charge on any atom is -0.387 e. The second kappa shape index (κ2) is 6.31. The number of rotatable bonds is 5. The average Bonchev–Trinajstić information content (AvgIpc) is 2.97. The lowest BCUT2D eigenvalue weighted by Crippen LogP contribution is -2.53. The van der Waals surface area contributed by atoms with Crippen LogP contribution in [-0.4, -0.2) is 45.3 Å². The number of aliphatic hydroxyl groups is 2. The summed E-state index contributed by atoms with van der Waals surface area (Å²) in [5, 5.41) is 21.5. The Morgan fingerprint density at radius 1 is 1.12 bits per heavy atom. The zero-order chi connectivity index (χ0) is 18.6. The van der Waals surface area contributed by atoms with E-state index in [9.17, 15) is 10.2 Å². The summed E-state index contributed by atoms with van der Waals surface area (Å²) in [6, 6.07) is 0. The highest BCUT2D eigenvalue weighted by Gasteiger charge is 2.67. The van der Waals surface area contributed by atoms with Gasteiger partial charge in [-0.3, -0.25) is 0 Å². The van der Waals surface area contributed by atoms with Crippen LogP contribution in [0.4, 0.5) is 0 Å². The van der Waals surface area contributed by atoms with Crippen molar-refractivity contribution in [2.24, 2.45) is 17.8 Å². The first-order valence-corrected chi connectivity index (χ1v) is 9.64. The first-order chi connectivity index (χ1) is 11.5. The Morgan fingerprint density at radius 2 is 1.80 bits per heavy atom. The van der Waals surface area contributed by atoms with Gasteiger partial charge in [0.1, 0.15) is 23.4 Å². The monoisotopic (exact) mass is 354 g/mol. The predicted octanol–water partition coefficient (Wildman–Crippen LogP) is 2.99. The van der Waals surface area contributed by atoms with Gasteiger partial charge in [0.2, 0.25) is 0 Å². The summed E-state index contributed by atoms with van der Waals surface area (Å²) in [4.78, 5) is 11.5. The summed E-state index contributed by atoms with van der Waals surface area (Å²) >= 11 is 0. The summed E-state index contributed by atoms with van der Waals surface area (Å²) in [7, 11) is 0. The van der Waals surface area contributed by atoms with E-state index in [-0.39, 0.29) is 5.92 Å². The van der Waals surface area contributed by atoms with E-state index in [0.717, 1.165) is 12.8 Å². The Labute approximate surface area is 151 Å². The molecule has 144 valence electrons. The van der Waals surface area contributed by atoms with Crippen LogP contribution in [0.3, 0.4) is 0 Å². The van der Waals surface area contributed by atoms with Gasteiger partial charge in [0.25, 0.3) is 0 Å². The maximum atomic E-state index is 10.9. The first-order valence-electron chi connectivity index (χ1n) is 9.64. The lowest BCUT2D eigenvalue weighted by atomic mass is 9.73. The third-order valence-electron chi connectivity index (χ3n) is 6.75. The van der Waals surface area contributed by atoms with Gasteiger partial charge in [-0.05, 0) is 50.9 Å². The molecule has 0 spiro atoms. The second-order valence-electron chi connectivity index (χ2n) is 9.30. The quantitative estimate of drug-likeness (QED) is 0.451. The van der Waals surface area contributed by atoms with E-state index in [1.54, 1.807) is 13.0 Å². The van der Waals surface area contributed by atoms with Gasteiger partial charge < -0.3 is 14.9 Å². The lowest BCUT2D eigenvalue weighted by Gasteiger charge is -2.39. The van der Waals surface area contributed by atoms with Crippen LogP contribution in [0.1, 0.15) is 60.8 Å². The molecule has 25 heavy (non-hydrogen) atoms. The Balaban J connectivity index is 1.70. The molecule has 7 atom stereocenters. The molecule has 2 bridgehead atoms. The number of aliphatic hydroxyl groups excluding tert-OH is 1. The van der Waals surface area contributed by atoms with Crippen LogP contribution in [0.15, 0.2) is 12.2 Å². The van der Waals surface area contributed by atoms with Gasteiger partial charge in [0.05, 0.1) is 5.60 Å². The fraction of sp³-hybridized carbons (Fsp3) is 0.900. The Hall–Kier alpha value is -0.460.